The number of nitrogens with one attached hydrogen (secondary N) is 2. The van der Waals surface area contributed by atoms with Gasteiger partial charge in [-0.25, -0.2) is 8.78 Å². The number of anilines is 1. The monoisotopic (exact) mass is 382 g/mol. The van der Waals surface area contributed by atoms with Crippen LogP contribution in [0.1, 0.15) is 24.1 Å². The number of benzene rings is 2. The summed E-state index contributed by atoms with van der Waals surface area (Å²) in [5.74, 6) is -1.02. The van der Waals surface area contributed by atoms with Crippen molar-refractivity contribution in [2.24, 2.45) is 0 Å². The molecule has 3 aromatic rings. The molecular formula is C21H20F2N4O. The average molecular weight is 382 g/mol. The standard InChI is InChI=1S/C21H20F2N4O/c1-27-10-2-3-20(27)21(28)24-19-11-15-17(25-26-18(15)12-16(19)23)9-6-13-4-7-14(22)8-5-13/h4-9,11-12,20H,2-3,10H2,1H3,(H,24,28)(H,25,26)/t20-/m0/s1. The van der Waals surface area contributed by atoms with Gasteiger partial charge in [-0.3, -0.25) is 14.8 Å². The topological polar surface area (TPSA) is 61.0 Å². The van der Waals surface area contributed by atoms with E-state index in [0.29, 0.717) is 16.6 Å². The number of hydrogen-bond acceptors (Lipinski definition) is 3. The molecule has 1 fully saturated rings. The van der Waals surface area contributed by atoms with Crippen LogP contribution in [0.15, 0.2) is 36.4 Å². The van der Waals surface area contributed by atoms with Gasteiger partial charge in [0, 0.05) is 11.5 Å². The molecule has 2 aromatic carbocycles. The van der Waals surface area contributed by atoms with Gasteiger partial charge in [-0.15, -0.1) is 0 Å². The Morgan fingerprint density at radius 2 is 2.04 bits per heavy atom. The maximum absolute atomic E-state index is 14.4. The van der Waals surface area contributed by atoms with Crippen molar-refractivity contribution >= 4 is 34.6 Å². The van der Waals surface area contributed by atoms with E-state index < -0.39 is 5.82 Å². The lowest BCUT2D eigenvalue weighted by molar-refractivity contribution is -0.119. The van der Waals surface area contributed by atoms with Crippen LogP contribution in [0, 0.1) is 11.6 Å². The maximum atomic E-state index is 14.4. The van der Waals surface area contributed by atoms with Crippen molar-refractivity contribution in [2.75, 3.05) is 18.9 Å². The van der Waals surface area contributed by atoms with Crippen molar-refractivity contribution in [3.8, 4) is 0 Å². The van der Waals surface area contributed by atoms with Crippen LogP contribution in [0.5, 0.6) is 0 Å². The molecule has 1 aliphatic rings. The van der Waals surface area contributed by atoms with Gasteiger partial charge in [0.25, 0.3) is 0 Å². The van der Waals surface area contributed by atoms with Gasteiger partial charge in [0.1, 0.15) is 11.6 Å². The molecule has 28 heavy (non-hydrogen) atoms. The smallest absolute Gasteiger partial charge is 0.241 e. The lowest BCUT2D eigenvalue weighted by atomic mass is 10.1. The summed E-state index contributed by atoms with van der Waals surface area (Å²) < 4.78 is 27.4. The number of H-pyrrole nitrogens is 1. The number of likely N-dealkylation sites (N-methyl/N-ethyl adjacent to an activating group) is 1. The minimum atomic E-state index is -0.515. The summed E-state index contributed by atoms with van der Waals surface area (Å²) in [4.78, 5) is 14.5. The molecule has 1 aromatic heterocycles. The Kier molecular flexibility index (Phi) is 4.92. The van der Waals surface area contributed by atoms with E-state index in [9.17, 15) is 13.6 Å². The van der Waals surface area contributed by atoms with E-state index >= 15 is 0 Å². The molecule has 0 saturated carbocycles. The third kappa shape index (κ3) is 3.66. The number of rotatable bonds is 4. The number of nitrogens with zero attached hydrogens (tertiary/aromatic N) is 2. The van der Waals surface area contributed by atoms with Crippen LogP contribution >= 0.6 is 0 Å². The van der Waals surface area contributed by atoms with E-state index in [2.05, 4.69) is 15.5 Å². The third-order valence-electron chi connectivity index (χ3n) is 5.06. The van der Waals surface area contributed by atoms with E-state index in [-0.39, 0.29) is 23.5 Å². The molecule has 1 aliphatic heterocycles. The molecule has 1 amide bonds. The number of hydrogen-bond donors (Lipinski definition) is 2. The van der Waals surface area contributed by atoms with Crippen LogP contribution in [-0.2, 0) is 4.79 Å². The summed E-state index contributed by atoms with van der Waals surface area (Å²) in [6, 6.07) is 8.75. The Morgan fingerprint density at radius 1 is 1.25 bits per heavy atom. The molecule has 0 radical (unpaired) electrons. The summed E-state index contributed by atoms with van der Waals surface area (Å²) in [6.07, 6.45) is 5.28. The highest BCUT2D eigenvalue weighted by molar-refractivity contribution is 5.98. The van der Waals surface area contributed by atoms with Gasteiger partial charge >= 0.3 is 0 Å². The van der Waals surface area contributed by atoms with Gasteiger partial charge in [0.05, 0.1) is 22.9 Å². The van der Waals surface area contributed by atoms with E-state index in [1.54, 1.807) is 30.4 Å². The molecular weight excluding hydrogens is 362 g/mol. The minimum Gasteiger partial charge on any atom is -0.322 e. The van der Waals surface area contributed by atoms with Gasteiger partial charge in [0.2, 0.25) is 5.91 Å². The first-order valence-corrected chi connectivity index (χ1v) is 9.13. The normalized spacial score (nSPS) is 17.6. The summed E-state index contributed by atoms with van der Waals surface area (Å²) in [7, 11) is 1.89. The molecule has 5 nitrogen and oxygen atoms in total. The lowest BCUT2D eigenvalue weighted by Gasteiger charge is -2.18. The quantitative estimate of drug-likeness (QED) is 0.716. The van der Waals surface area contributed by atoms with Crippen LogP contribution in [0.2, 0.25) is 0 Å². The number of halogens is 2. The summed E-state index contributed by atoms with van der Waals surface area (Å²) in [5, 5.41) is 10.4. The highest BCUT2D eigenvalue weighted by atomic mass is 19.1. The van der Waals surface area contributed by atoms with Gasteiger partial charge in [0.15, 0.2) is 0 Å². The van der Waals surface area contributed by atoms with Gasteiger partial charge in [-0.1, -0.05) is 18.2 Å². The Balaban J connectivity index is 1.60. The van der Waals surface area contributed by atoms with Crippen molar-refractivity contribution in [1.82, 2.24) is 15.1 Å². The lowest BCUT2D eigenvalue weighted by Crippen LogP contribution is -2.37. The number of aromatic nitrogens is 2. The van der Waals surface area contributed by atoms with Crippen LogP contribution < -0.4 is 5.32 Å². The van der Waals surface area contributed by atoms with E-state index in [4.69, 9.17) is 0 Å². The first kappa shape index (κ1) is 18.3. The van der Waals surface area contributed by atoms with Crippen LogP contribution in [-0.4, -0.2) is 40.6 Å². The van der Waals surface area contributed by atoms with Crippen molar-refractivity contribution in [3.05, 3.63) is 59.3 Å². The average Bonchev–Trinajstić information content (AvgIpc) is 3.27. The molecule has 0 spiro atoms. The SMILES string of the molecule is CN1CCC[C@H]1C(=O)Nc1cc2c(C=Cc3ccc(F)cc3)n[nH]c2cc1F. The second-order valence-corrected chi connectivity index (χ2v) is 7.00. The van der Waals surface area contributed by atoms with Gasteiger partial charge in [-0.05, 0) is 56.3 Å². The number of carbonyl (C=O) groups is 1. The largest absolute Gasteiger partial charge is 0.322 e. The zero-order valence-corrected chi connectivity index (χ0v) is 15.4. The van der Waals surface area contributed by atoms with E-state index in [1.807, 2.05) is 11.9 Å². The molecule has 144 valence electrons. The molecule has 0 unspecified atom stereocenters. The van der Waals surface area contributed by atoms with Crippen molar-refractivity contribution in [3.63, 3.8) is 0 Å². The minimum absolute atomic E-state index is 0.135. The first-order chi connectivity index (χ1) is 13.5. The Bertz CT molecular complexity index is 1040. The van der Waals surface area contributed by atoms with Crippen LogP contribution in [0.25, 0.3) is 23.1 Å². The Labute approximate surface area is 161 Å². The van der Waals surface area contributed by atoms with Crippen LogP contribution in [0.3, 0.4) is 0 Å². The zero-order chi connectivity index (χ0) is 19.7. The first-order valence-electron chi connectivity index (χ1n) is 9.13. The Hall–Kier alpha value is -3.06. The molecule has 0 bridgehead atoms. The second kappa shape index (κ2) is 7.52. The summed E-state index contributed by atoms with van der Waals surface area (Å²) in [5.41, 5.74) is 2.09. The second-order valence-electron chi connectivity index (χ2n) is 7.00. The third-order valence-corrected chi connectivity index (χ3v) is 5.06. The number of amides is 1. The summed E-state index contributed by atoms with van der Waals surface area (Å²) in [6.45, 7) is 0.861. The zero-order valence-electron chi connectivity index (χ0n) is 15.4. The van der Waals surface area contributed by atoms with Gasteiger partial charge in [-0.2, -0.15) is 5.10 Å². The van der Waals surface area contributed by atoms with Crippen molar-refractivity contribution < 1.29 is 13.6 Å². The van der Waals surface area contributed by atoms with Crippen LogP contribution in [0.4, 0.5) is 14.5 Å². The predicted octanol–water partition coefficient (Wildman–Crippen LogP) is 4.04. The maximum Gasteiger partial charge on any atom is 0.241 e. The molecule has 2 N–H and O–H groups in total. The molecule has 1 atom stereocenters. The molecule has 1 saturated heterocycles. The van der Waals surface area contributed by atoms with Crippen molar-refractivity contribution in [1.29, 1.82) is 0 Å². The number of aromatic amines is 1. The van der Waals surface area contributed by atoms with E-state index in [1.165, 1.54) is 18.2 Å². The van der Waals surface area contributed by atoms with Crippen molar-refractivity contribution in [2.45, 2.75) is 18.9 Å². The molecule has 0 aliphatic carbocycles. The summed E-state index contributed by atoms with van der Waals surface area (Å²) >= 11 is 0. The van der Waals surface area contributed by atoms with E-state index in [0.717, 1.165) is 24.9 Å². The number of carbonyl (C=O) groups excluding carboxylic acids is 1. The fraction of sp³-hybridized carbons (Fsp3) is 0.238. The number of fused-ring (bicyclic) bond motifs is 1. The van der Waals surface area contributed by atoms with Gasteiger partial charge < -0.3 is 5.32 Å². The number of likely N-dealkylation sites (tertiary alicyclic amines) is 1. The fourth-order valence-corrected chi connectivity index (χ4v) is 3.49. The molecule has 2 heterocycles. The highest BCUT2D eigenvalue weighted by Crippen LogP contribution is 2.26. The fourth-order valence-electron chi connectivity index (χ4n) is 3.49. The molecule has 4 rings (SSSR count). The molecule has 7 heteroatoms. The highest BCUT2D eigenvalue weighted by Gasteiger charge is 2.28. The predicted molar refractivity (Wildman–Crippen MR) is 106 cm³/mol. The Morgan fingerprint density at radius 3 is 2.75 bits per heavy atom.